The van der Waals surface area contributed by atoms with Gasteiger partial charge in [0.05, 0.1) is 6.10 Å². The minimum Gasteiger partial charge on any atom is -0.389 e. The highest BCUT2D eigenvalue weighted by molar-refractivity contribution is 5.34. The van der Waals surface area contributed by atoms with Crippen LogP contribution in [0.15, 0.2) is 11.6 Å². The van der Waals surface area contributed by atoms with Gasteiger partial charge in [0.2, 0.25) is 0 Å². The Hall–Kier alpha value is -0.300. The van der Waals surface area contributed by atoms with Crippen LogP contribution in [0.3, 0.4) is 0 Å². The van der Waals surface area contributed by atoms with Crippen LogP contribution < -0.4 is 0 Å². The zero-order valence-corrected chi connectivity index (χ0v) is 11.0. The first-order chi connectivity index (χ1) is 7.40. The van der Waals surface area contributed by atoms with E-state index < -0.39 is 0 Å². The molecule has 0 spiro atoms. The van der Waals surface area contributed by atoms with E-state index >= 15 is 0 Å². The summed E-state index contributed by atoms with van der Waals surface area (Å²) >= 11 is 0. The zero-order chi connectivity index (χ0) is 11.7. The summed E-state index contributed by atoms with van der Waals surface area (Å²) < 4.78 is 0. The molecule has 2 fully saturated rings. The van der Waals surface area contributed by atoms with Crippen LogP contribution in [0, 0.1) is 28.6 Å². The molecule has 5 atom stereocenters. The summed E-state index contributed by atoms with van der Waals surface area (Å²) in [7, 11) is 0. The normalized spacial score (nSPS) is 53.7. The second kappa shape index (κ2) is 2.93. The summed E-state index contributed by atoms with van der Waals surface area (Å²) in [6.07, 6.45) is 5.59. The van der Waals surface area contributed by atoms with Gasteiger partial charge in [-0.1, -0.05) is 33.8 Å². The summed E-state index contributed by atoms with van der Waals surface area (Å²) in [5, 5.41) is 10.2. The van der Waals surface area contributed by atoms with E-state index in [4.69, 9.17) is 0 Å². The first-order valence-electron chi connectivity index (χ1n) is 6.78. The fourth-order valence-corrected chi connectivity index (χ4v) is 5.04. The third-order valence-corrected chi connectivity index (χ3v) is 6.34. The predicted octanol–water partition coefficient (Wildman–Crippen LogP) is 3.39. The number of aliphatic hydroxyl groups is 1. The van der Waals surface area contributed by atoms with Crippen LogP contribution in [-0.2, 0) is 0 Å². The summed E-state index contributed by atoms with van der Waals surface area (Å²) in [6, 6.07) is 0. The molecule has 0 aromatic heterocycles. The van der Waals surface area contributed by atoms with E-state index in [1.54, 1.807) is 0 Å². The maximum absolute atomic E-state index is 10.2. The van der Waals surface area contributed by atoms with Crippen molar-refractivity contribution < 1.29 is 5.11 Å². The van der Waals surface area contributed by atoms with E-state index in [2.05, 4.69) is 33.8 Å². The Balaban J connectivity index is 2.02. The van der Waals surface area contributed by atoms with Crippen molar-refractivity contribution in [1.82, 2.24) is 0 Å². The molecule has 16 heavy (non-hydrogen) atoms. The van der Waals surface area contributed by atoms with Crippen molar-refractivity contribution in [3.8, 4) is 0 Å². The fraction of sp³-hybridized carbons (Fsp3) is 0.867. The maximum atomic E-state index is 10.2. The minimum atomic E-state index is -0.143. The molecule has 90 valence electrons. The van der Waals surface area contributed by atoms with Crippen LogP contribution >= 0.6 is 0 Å². The van der Waals surface area contributed by atoms with Gasteiger partial charge in [-0.3, -0.25) is 0 Å². The van der Waals surface area contributed by atoms with Gasteiger partial charge in [0.15, 0.2) is 0 Å². The topological polar surface area (TPSA) is 20.2 Å². The number of allylic oxidation sites excluding steroid dienone is 1. The van der Waals surface area contributed by atoms with Gasteiger partial charge in [0.1, 0.15) is 0 Å². The molecule has 1 heteroatoms. The molecule has 0 heterocycles. The molecule has 1 N–H and O–H groups in total. The van der Waals surface area contributed by atoms with E-state index in [-0.39, 0.29) is 6.10 Å². The molecule has 0 saturated heterocycles. The molecule has 0 unspecified atom stereocenters. The van der Waals surface area contributed by atoms with Crippen LogP contribution in [-0.4, -0.2) is 11.2 Å². The molecular formula is C15H24O. The maximum Gasteiger partial charge on any atom is 0.0753 e. The molecule has 3 aliphatic rings. The van der Waals surface area contributed by atoms with Gasteiger partial charge >= 0.3 is 0 Å². The Morgan fingerprint density at radius 2 is 1.94 bits per heavy atom. The third-order valence-electron chi connectivity index (χ3n) is 6.34. The second-order valence-corrected chi connectivity index (χ2v) is 7.04. The zero-order valence-electron chi connectivity index (χ0n) is 11.0. The minimum absolute atomic E-state index is 0.143. The van der Waals surface area contributed by atoms with Crippen molar-refractivity contribution >= 4 is 0 Å². The Morgan fingerprint density at radius 1 is 1.25 bits per heavy atom. The molecule has 0 radical (unpaired) electrons. The molecule has 3 aliphatic carbocycles. The van der Waals surface area contributed by atoms with Gasteiger partial charge in [-0.25, -0.2) is 0 Å². The van der Waals surface area contributed by atoms with Crippen molar-refractivity contribution in [3.63, 3.8) is 0 Å². The Morgan fingerprint density at radius 3 is 2.62 bits per heavy atom. The Labute approximate surface area is 98.9 Å². The van der Waals surface area contributed by atoms with E-state index in [9.17, 15) is 5.11 Å². The van der Waals surface area contributed by atoms with E-state index in [1.807, 2.05) is 0 Å². The number of aliphatic hydroxyl groups excluding tert-OH is 1. The molecule has 0 aliphatic heterocycles. The summed E-state index contributed by atoms with van der Waals surface area (Å²) in [5.74, 6) is 2.25. The summed E-state index contributed by atoms with van der Waals surface area (Å²) in [6.45, 7) is 9.68. The molecule has 0 bridgehead atoms. The lowest BCUT2D eigenvalue weighted by molar-refractivity contribution is 0.0893. The van der Waals surface area contributed by atoms with Gasteiger partial charge in [0, 0.05) is 0 Å². The van der Waals surface area contributed by atoms with E-state index in [0.717, 1.165) is 18.3 Å². The van der Waals surface area contributed by atoms with Crippen molar-refractivity contribution in [1.29, 1.82) is 0 Å². The lowest BCUT2D eigenvalue weighted by Gasteiger charge is -2.42. The van der Waals surface area contributed by atoms with Gasteiger partial charge in [-0.05, 0) is 53.4 Å². The van der Waals surface area contributed by atoms with Gasteiger partial charge in [0.25, 0.3) is 0 Å². The fourth-order valence-electron chi connectivity index (χ4n) is 5.04. The van der Waals surface area contributed by atoms with Crippen molar-refractivity contribution in [2.45, 2.75) is 53.1 Å². The van der Waals surface area contributed by atoms with E-state index in [0.29, 0.717) is 16.7 Å². The van der Waals surface area contributed by atoms with Crippen molar-refractivity contribution in [2.75, 3.05) is 0 Å². The average molecular weight is 220 g/mol. The van der Waals surface area contributed by atoms with Crippen molar-refractivity contribution in [3.05, 3.63) is 11.6 Å². The highest BCUT2D eigenvalue weighted by Gasteiger charge is 2.72. The smallest absolute Gasteiger partial charge is 0.0753 e. The average Bonchev–Trinajstić information content (AvgIpc) is 2.67. The lowest BCUT2D eigenvalue weighted by Crippen LogP contribution is -2.37. The first kappa shape index (κ1) is 10.8. The highest BCUT2D eigenvalue weighted by Crippen LogP contribution is 2.78. The van der Waals surface area contributed by atoms with Crippen LogP contribution in [0.5, 0.6) is 0 Å². The highest BCUT2D eigenvalue weighted by atomic mass is 16.3. The van der Waals surface area contributed by atoms with Gasteiger partial charge in [-0.2, -0.15) is 0 Å². The molecule has 0 aromatic rings. The molecule has 3 rings (SSSR count). The molecule has 1 nitrogen and oxygen atoms in total. The van der Waals surface area contributed by atoms with Crippen LogP contribution in [0.25, 0.3) is 0 Å². The predicted molar refractivity (Wildman–Crippen MR) is 66.0 cm³/mol. The molecule has 0 aromatic carbocycles. The van der Waals surface area contributed by atoms with Crippen molar-refractivity contribution in [2.24, 2.45) is 28.6 Å². The summed E-state index contributed by atoms with van der Waals surface area (Å²) in [5.41, 5.74) is 2.31. The summed E-state index contributed by atoms with van der Waals surface area (Å²) in [4.78, 5) is 0. The number of fused-ring (bicyclic) bond motifs is 3. The van der Waals surface area contributed by atoms with Crippen LogP contribution in [0.1, 0.15) is 47.0 Å². The standard InChI is InChI=1S/C15H24O/c1-9-5-7-11(16)10-6-8-12-14(2,3)15(12,4)13(9)10/h6,9,11-13,16H,5,7-8H2,1-4H3/t9-,11+,12-,13+,15-/m0/s1. The third kappa shape index (κ3) is 1.01. The molecule has 2 saturated carbocycles. The van der Waals surface area contributed by atoms with Crippen LogP contribution in [0.2, 0.25) is 0 Å². The number of hydrogen-bond acceptors (Lipinski definition) is 1. The quantitative estimate of drug-likeness (QED) is 0.620. The van der Waals surface area contributed by atoms with Crippen LogP contribution in [0.4, 0.5) is 0 Å². The molecular weight excluding hydrogens is 196 g/mol. The SMILES string of the molecule is C[C@H]1CC[C@@H](O)C2=CC[C@H]3C(C)(C)[C@]3(C)[C@@H]21. The lowest BCUT2D eigenvalue weighted by atomic mass is 9.64. The van der Waals surface area contributed by atoms with Gasteiger partial charge in [-0.15, -0.1) is 0 Å². The Kier molecular flexibility index (Phi) is 1.98. The largest absolute Gasteiger partial charge is 0.389 e. The number of hydrogen-bond donors (Lipinski definition) is 1. The Bertz CT molecular complexity index is 354. The van der Waals surface area contributed by atoms with Gasteiger partial charge < -0.3 is 5.11 Å². The monoisotopic (exact) mass is 220 g/mol. The first-order valence-corrected chi connectivity index (χ1v) is 6.78. The second-order valence-electron chi connectivity index (χ2n) is 7.04. The molecule has 0 amide bonds. The van der Waals surface area contributed by atoms with E-state index in [1.165, 1.54) is 18.4 Å². The number of rotatable bonds is 0.